The molecule has 0 amide bonds. The molecule has 0 bridgehead atoms. The average molecular weight is 703 g/mol. The molecule has 0 unspecified atom stereocenters. The minimum Gasteiger partial charge on any atom is -0.463 e. The molecule has 0 aromatic carbocycles. The van der Waals surface area contributed by atoms with E-state index in [-0.39, 0.29) is 12.6 Å². The number of carbonyl (C=O) groups is 1. The van der Waals surface area contributed by atoms with Gasteiger partial charge in [0.25, 0.3) is 0 Å². The summed E-state index contributed by atoms with van der Waals surface area (Å²) in [5.41, 5.74) is -0.457. The number of rotatable bonds is 41. The molecule has 0 fully saturated rings. The van der Waals surface area contributed by atoms with Gasteiger partial charge in [-0.15, -0.1) is 0 Å². The van der Waals surface area contributed by atoms with Gasteiger partial charge in [0, 0.05) is 7.11 Å². The molecule has 0 atom stereocenters. The maximum atomic E-state index is 11.8. The van der Waals surface area contributed by atoms with Gasteiger partial charge in [0.15, 0.2) is 0 Å². The summed E-state index contributed by atoms with van der Waals surface area (Å²) in [4.78, 5) is 11.8. The lowest BCUT2D eigenvalue weighted by Gasteiger charge is -2.20. The van der Waals surface area contributed by atoms with Crippen LogP contribution in [0.1, 0.15) is 27.2 Å². The lowest BCUT2D eigenvalue weighted by molar-refractivity contribution is -0.155. The summed E-state index contributed by atoms with van der Waals surface area (Å²) in [6.45, 7) is 18.5. The molecular weight excluding hydrogens is 636 g/mol. The Morgan fingerprint density at radius 3 is 0.729 bits per heavy atom. The Hall–Kier alpha value is -1.05. The first-order valence-corrected chi connectivity index (χ1v) is 17.1. The highest BCUT2D eigenvalue weighted by atomic mass is 16.6. The summed E-state index contributed by atoms with van der Waals surface area (Å²) in [6, 6.07) is 0. The highest BCUT2D eigenvalue weighted by Crippen LogP contribution is 2.21. The maximum absolute atomic E-state index is 11.8. The molecule has 0 saturated heterocycles. The number of esters is 1. The third-order valence-corrected chi connectivity index (χ3v) is 6.42. The van der Waals surface area contributed by atoms with E-state index in [9.17, 15) is 4.79 Å². The predicted molar refractivity (Wildman–Crippen MR) is 177 cm³/mol. The lowest BCUT2D eigenvalue weighted by Crippen LogP contribution is -2.27. The molecule has 0 radical (unpaired) electrons. The zero-order valence-corrected chi connectivity index (χ0v) is 30.2. The fraction of sp³-hybridized carbons (Fsp3) is 0.970. The van der Waals surface area contributed by atoms with Gasteiger partial charge in [0.05, 0.1) is 171 Å². The zero-order chi connectivity index (χ0) is 35.1. The Labute approximate surface area is 288 Å². The maximum Gasteiger partial charge on any atom is 0.311 e. The summed E-state index contributed by atoms with van der Waals surface area (Å²) in [6.07, 6.45) is 0.735. The zero-order valence-electron chi connectivity index (χ0n) is 30.2. The van der Waals surface area contributed by atoms with Crippen molar-refractivity contribution >= 4 is 5.97 Å². The van der Waals surface area contributed by atoms with E-state index in [4.69, 9.17) is 66.3 Å². The van der Waals surface area contributed by atoms with Crippen molar-refractivity contribution in [1.29, 1.82) is 0 Å². The summed E-state index contributed by atoms with van der Waals surface area (Å²) < 4.78 is 75.4. The highest BCUT2D eigenvalue weighted by molar-refractivity contribution is 5.75. The molecule has 0 saturated carbocycles. The van der Waals surface area contributed by atoms with Gasteiger partial charge in [-0.05, 0) is 20.3 Å². The molecule has 0 aliphatic rings. The summed E-state index contributed by atoms with van der Waals surface area (Å²) in [7, 11) is 1.64. The SMILES string of the molecule is CCC(C)(C)C(=O)OCCOCCOCCOCCOCCOCCOCCOCCOCCOCCOCCOCCOCCOC. The van der Waals surface area contributed by atoms with Gasteiger partial charge in [-0.25, -0.2) is 0 Å². The van der Waals surface area contributed by atoms with Crippen molar-refractivity contribution < 1.29 is 71.1 Å². The normalized spacial score (nSPS) is 11.8. The monoisotopic (exact) mass is 702 g/mol. The topological polar surface area (TPSA) is 146 Å². The molecule has 0 N–H and O–H groups in total. The van der Waals surface area contributed by atoms with Crippen molar-refractivity contribution in [1.82, 2.24) is 0 Å². The predicted octanol–water partition coefficient (Wildman–Crippen LogP) is 1.81. The standard InChI is InChI=1S/C33H66O15/c1-5-33(2,3)32(34)48-31-30-47-29-28-46-27-26-45-25-24-44-23-22-43-21-20-42-19-18-41-17-16-40-15-14-39-13-12-38-11-10-37-9-8-36-7-6-35-4/h5-31H2,1-4H3. The van der Waals surface area contributed by atoms with Gasteiger partial charge in [-0.1, -0.05) is 6.92 Å². The lowest BCUT2D eigenvalue weighted by atomic mass is 9.91. The number of hydrogen-bond donors (Lipinski definition) is 0. The van der Waals surface area contributed by atoms with Crippen molar-refractivity contribution in [2.75, 3.05) is 179 Å². The summed E-state index contributed by atoms with van der Waals surface area (Å²) in [5, 5.41) is 0. The molecular formula is C33H66O15. The van der Waals surface area contributed by atoms with Gasteiger partial charge >= 0.3 is 5.97 Å². The van der Waals surface area contributed by atoms with Crippen LogP contribution in [0.15, 0.2) is 0 Å². The Bertz CT molecular complexity index is 642. The molecule has 15 nitrogen and oxygen atoms in total. The minimum atomic E-state index is -0.457. The van der Waals surface area contributed by atoms with E-state index >= 15 is 0 Å². The van der Waals surface area contributed by atoms with Gasteiger partial charge in [-0.3, -0.25) is 4.79 Å². The number of ether oxygens (including phenoxy) is 14. The molecule has 0 aliphatic heterocycles. The molecule has 15 heteroatoms. The van der Waals surface area contributed by atoms with Gasteiger partial charge in [0.1, 0.15) is 6.61 Å². The van der Waals surface area contributed by atoms with E-state index in [0.717, 1.165) is 6.42 Å². The second kappa shape index (κ2) is 38.7. The van der Waals surface area contributed by atoms with Crippen LogP contribution in [0.2, 0.25) is 0 Å². The van der Waals surface area contributed by atoms with E-state index in [1.54, 1.807) is 7.11 Å². The molecule has 0 heterocycles. The molecule has 288 valence electrons. The average Bonchev–Trinajstić information content (AvgIpc) is 3.09. The Morgan fingerprint density at radius 1 is 0.354 bits per heavy atom. The van der Waals surface area contributed by atoms with Crippen molar-refractivity contribution in [2.45, 2.75) is 27.2 Å². The number of methoxy groups -OCH3 is 1. The van der Waals surface area contributed by atoms with Gasteiger partial charge in [-0.2, -0.15) is 0 Å². The molecule has 0 rings (SSSR count). The molecule has 48 heavy (non-hydrogen) atoms. The first kappa shape index (κ1) is 47.0. The van der Waals surface area contributed by atoms with Crippen LogP contribution in [-0.4, -0.2) is 185 Å². The summed E-state index contributed by atoms with van der Waals surface area (Å²) >= 11 is 0. The van der Waals surface area contributed by atoms with Crippen LogP contribution >= 0.6 is 0 Å². The first-order valence-electron chi connectivity index (χ1n) is 17.1. The fourth-order valence-corrected chi connectivity index (χ4v) is 3.20. The third kappa shape index (κ3) is 36.2. The Kier molecular flexibility index (Phi) is 37.9. The molecule has 0 aliphatic carbocycles. The first-order chi connectivity index (χ1) is 23.5. The Morgan fingerprint density at radius 2 is 0.542 bits per heavy atom. The second-order valence-electron chi connectivity index (χ2n) is 10.7. The van der Waals surface area contributed by atoms with E-state index < -0.39 is 5.41 Å². The van der Waals surface area contributed by atoms with Crippen LogP contribution in [0, 0.1) is 5.41 Å². The largest absolute Gasteiger partial charge is 0.463 e. The third-order valence-electron chi connectivity index (χ3n) is 6.42. The Balaban J connectivity index is 3.10. The number of carbonyl (C=O) groups excluding carboxylic acids is 1. The van der Waals surface area contributed by atoms with Crippen LogP contribution in [-0.2, 0) is 71.1 Å². The fourth-order valence-electron chi connectivity index (χ4n) is 3.20. The molecule has 0 aromatic heterocycles. The molecule has 0 spiro atoms. The van der Waals surface area contributed by atoms with E-state index in [1.165, 1.54) is 0 Å². The number of hydrogen-bond acceptors (Lipinski definition) is 15. The molecule has 0 aromatic rings. The van der Waals surface area contributed by atoms with Crippen LogP contribution in [0.25, 0.3) is 0 Å². The highest BCUT2D eigenvalue weighted by Gasteiger charge is 2.26. The van der Waals surface area contributed by atoms with Crippen LogP contribution in [0.3, 0.4) is 0 Å². The van der Waals surface area contributed by atoms with Crippen molar-refractivity contribution in [3.8, 4) is 0 Å². The van der Waals surface area contributed by atoms with E-state index in [0.29, 0.717) is 165 Å². The minimum absolute atomic E-state index is 0.201. The van der Waals surface area contributed by atoms with Crippen LogP contribution in [0.5, 0.6) is 0 Å². The smallest absolute Gasteiger partial charge is 0.311 e. The quantitative estimate of drug-likeness (QED) is 0.0674. The summed E-state index contributed by atoms with van der Waals surface area (Å²) in [5.74, 6) is -0.201. The van der Waals surface area contributed by atoms with Gasteiger partial charge < -0.3 is 66.3 Å². The van der Waals surface area contributed by atoms with Crippen molar-refractivity contribution in [3.63, 3.8) is 0 Å². The van der Waals surface area contributed by atoms with Crippen molar-refractivity contribution in [3.05, 3.63) is 0 Å². The van der Waals surface area contributed by atoms with Crippen LogP contribution < -0.4 is 0 Å². The van der Waals surface area contributed by atoms with Crippen LogP contribution in [0.4, 0.5) is 0 Å². The van der Waals surface area contributed by atoms with Crippen molar-refractivity contribution in [2.24, 2.45) is 5.41 Å². The second-order valence-corrected chi connectivity index (χ2v) is 10.7. The van der Waals surface area contributed by atoms with Gasteiger partial charge in [0.2, 0.25) is 0 Å². The van der Waals surface area contributed by atoms with E-state index in [2.05, 4.69) is 0 Å². The van der Waals surface area contributed by atoms with E-state index in [1.807, 2.05) is 20.8 Å².